The summed E-state index contributed by atoms with van der Waals surface area (Å²) in [6.07, 6.45) is 4.33. The van der Waals surface area contributed by atoms with E-state index in [-0.39, 0.29) is 18.4 Å². The molecule has 1 N–H and O–H groups in total. The lowest BCUT2D eigenvalue weighted by atomic mass is 9.75. The van der Waals surface area contributed by atoms with Gasteiger partial charge in [0.2, 0.25) is 5.91 Å². The maximum Gasteiger partial charge on any atom is 0.325 e. The molecule has 1 saturated carbocycles. The number of imide groups is 1. The van der Waals surface area contributed by atoms with Crippen molar-refractivity contribution in [1.29, 1.82) is 0 Å². The zero-order valence-corrected chi connectivity index (χ0v) is 18.9. The number of carbonyl (C=O) groups excluding carboxylic acids is 3. The molecule has 1 aromatic carbocycles. The fourth-order valence-corrected chi connectivity index (χ4v) is 5.10. The number of hydrogen-bond acceptors (Lipinski definition) is 4. The Kier molecular flexibility index (Phi) is 6.53. The number of hydrogen-bond donors (Lipinski definition) is 1. The smallest absolute Gasteiger partial charge is 0.325 e. The van der Waals surface area contributed by atoms with E-state index in [1.807, 2.05) is 24.3 Å². The Hall–Kier alpha value is -2.12. The van der Waals surface area contributed by atoms with Crippen molar-refractivity contribution in [3.8, 4) is 0 Å². The third-order valence-corrected chi connectivity index (χ3v) is 7.37. The first kappa shape index (κ1) is 22.1. The van der Waals surface area contributed by atoms with Crippen LogP contribution in [-0.2, 0) is 16.1 Å². The zero-order chi connectivity index (χ0) is 22.0. The van der Waals surface area contributed by atoms with Crippen molar-refractivity contribution in [1.82, 2.24) is 20.0 Å². The normalized spacial score (nSPS) is 27.1. The van der Waals surface area contributed by atoms with Gasteiger partial charge in [-0.05, 0) is 49.3 Å². The second-order valence-electron chi connectivity index (χ2n) is 9.04. The van der Waals surface area contributed by atoms with Gasteiger partial charge < -0.3 is 10.2 Å². The van der Waals surface area contributed by atoms with Gasteiger partial charge in [-0.25, -0.2) is 4.79 Å². The lowest BCUT2D eigenvalue weighted by molar-refractivity contribution is -0.140. The summed E-state index contributed by atoms with van der Waals surface area (Å²) in [7, 11) is 0. The Morgan fingerprint density at radius 3 is 2.35 bits per heavy atom. The van der Waals surface area contributed by atoms with Crippen LogP contribution in [0, 0.1) is 5.92 Å². The molecule has 8 heteroatoms. The molecule has 1 spiro atoms. The third-order valence-electron chi connectivity index (χ3n) is 7.12. The molecular weight excluding hydrogens is 416 g/mol. The fraction of sp³-hybridized carbons (Fsp3) is 0.609. The molecule has 31 heavy (non-hydrogen) atoms. The van der Waals surface area contributed by atoms with Gasteiger partial charge in [0.1, 0.15) is 12.1 Å². The van der Waals surface area contributed by atoms with E-state index in [4.69, 9.17) is 11.6 Å². The van der Waals surface area contributed by atoms with Gasteiger partial charge in [-0.3, -0.25) is 19.4 Å². The minimum Gasteiger partial charge on any atom is -0.339 e. The standard InChI is InChI=1S/C23H31ClN4O3/c1-2-17-7-9-23(10-8-17)21(30)28(22(31)25-23)16-20(29)27-13-11-26(12-14-27)15-18-3-5-19(24)6-4-18/h3-6,17H,2,7-16H2,1H3,(H,25,31). The van der Waals surface area contributed by atoms with E-state index in [1.54, 1.807) is 4.90 Å². The summed E-state index contributed by atoms with van der Waals surface area (Å²) in [5.74, 6) is 0.242. The molecule has 0 unspecified atom stereocenters. The van der Waals surface area contributed by atoms with Gasteiger partial charge in [0.05, 0.1) is 0 Å². The molecule has 1 aromatic rings. The maximum atomic E-state index is 13.0. The summed E-state index contributed by atoms with van der Waals surface area (Å²) >= 11 is 5.95. The van der Waals surface area contributed by atoms with Crippen LogP contribution in [-0.4, -0.2) is 70.8 Å². The van der Waals surface area contributed by atoms with Crippen molar-refractivity contribution >= 4 is 29.4 Å². The highest BCUT2D eigenvalue weighted by atomic mass is 35.5. The van der Waals surface area contributed by atoms with E-state index >= 15 is 0 Å². The minimum atomic E-state index is -0.791. The van der Waals surface area contributed by atoms with Crippen LogP contribution in [0.1, 0.15) is 44.6 Å². The Bertz CT molecular complexity index is 828. The first-order chi connectivity index (χ1) is 14.9. The highest BCUT2D eigenvalue weighted by molar-refractivity contribution is 6.30. The molecule has 3 aliphatic rings. The fourth-order valence-electron chi connectivity index (χ4n) is 4.98. The van der Waals surface area contributed by atoms with E-state index in [0.717, 1.165) is 48.8 Å². The van der Waals surface area contributed by atoms with Gasteiger partial charge >= 0.3 is 6.03 Å². The highest BCUT2D eigenvalue weighted by Crippen LogP contribution is 2.37. The van der Waals surface area contributed by atoms with Crippen LogP contribution in [0.5, 0.6) is 0 Å². The van der Waals surface area contributed by atoms with E-state index in [2.05, 4.69) is 17.1 Å². The summed E-state index contributed by atoms with van der Waals surface area (Å²) in [5, 5.41) is 3.63. The van der Waals surface area contributed by atoms with Crippen molar-refractivity contribution in [2.24, 2.45) is 5.92 Å². The van der Waals surface area contributed by atoms with Gasteiger partial charge in [0, 0.05) is 37.7 Å². The highest BCUT2D eigenvalue weighted by Gasteiger charge is 2.52. The van der Waals surface area contributed by atoms with Gasteiger partial charge in [0.15, 0.2) is 0 Å². The van der Waals surface area contributed by atoms with Gasteiger partial charge in [-0.1, -0.05) is 37.1 Å². The number of amides is 4. The van der Waals surface area contributed by atoms with Gasteiger partial charge in [-0.2, -0.15) is 0 Å². The molecule has 2 heterocycles. The molecule has 2 saturated heterocycles. The van der Waals surface area contributed by atoms with Crippen LogP contribution in [0.3, 0.4) is 0 Å². The summed E-state index contributed by atoms with van der Waals surface area (Å²) in [5.41, 5.74) is 0.395. The minimum absolute atomic E-state index is 0.158. The molecule has 7 nitrogen and oxygen atoms in total. The van der Waals surface area contributed by atoms with E-state index in [0.29, 0.717) is 31.8 Å². The molecule has 0 bridgehead atoms. The molecule has 1 aliphatic carbocycles. The molecule has 2 aliphatic heterocycles. The lowest BCUT2D eigenvalue weighted by Crippen LogP contribution is -2.52. The molecule has 4 amide bonds. The number of halogens is 1. The Labute approximate surface area is 188 Å². The van der Waals surface area contributed by atoms with Crippen molar-refractivity contribution in [2.75, 3.05) is 32.7 Å². The van der Waals surface area contributed by atoms with Crippen LogP contribution in [0.2, 0.25) is 5.02 Å². The molecule has 0 radical (unpaired) electrons. The predicted molar refractivity (Wildman–Crippen MR) is 119 cm³/mol. The first-order valence-electron chi connectivity index (χ1n) is 11.3. The van der Waals surface area contributed by atoms with E-state index < -0.39 is 11.6 Å². The van der Waals surface area contributed by atoms with Crippen molar-refractivity contribution < 1.29 is 14.4 Å². The van der Waals surface area contributed by atoms with Gasteiger partial charge in [0.25, 0.3) is 5.91 Å². The number of piperazine rings is 1. The number of benzene rings is 1. The monoisotopic (exact) mass is 446 g/mol. The summed E-state index contributed by atoms with van der Waals surface area (Å²) < 4.78 is 0. The molecule has 0 atom stereocenters. The van der Waals surface area contributed by atoms with Crippen LogP contribution < -0.4 is 5.32 Å². The largest absolute Gasteiger partial charge is 0.339 e. The number of urea groups is 1. The molecular formula is C23H31ClN4O3. The average Bonchev–Trinajstić information content (AvgIpc) is 3.00. The lowest BCUT2D eigenvalue weighted by Gasteiger charge is -2.36. The predicted octanol–water partition coefficient (Wildman–Crippen LogP) is 2.88. The van der Waals surface area contributed by atoms with Crippen molar-refractivity contribution in [3.63, 3.8) is 0 Å². The summed E-state index contributed by atoms with van der Waals surface area (Å²) in [6.45, 7) is 5.53. The third kappa shape index (κ3) is 4.72. The SMILES string of the molecule is CCC1CCC2(CC1)NC(=O)N(CC(=O)N1CCN(Cc3ccc(Cl)cc3)CC1)C2=O. The first-order valence-corrected chi connectivity index (χ1v) is 11.7. The van der Waals surface area contributed by atoms with E-state index in [9.17, 15) is 14.4 Å². The van der Waals surface area contributed by atoms with Crippen LogP contribution >= 0.6 is 11.6 Å². The molecule has 0 aromatic heterocycles. The van der Waals surface area contributed by atoms with Gasteiger partial charge in [-0.15, -0.1) is 0 Å². The second kappa shape index (κ2) is 9.17. The average molecular weight is 447 g/mol. The Morgan fingerprint density at radius 1 is 1.10 bits per heavy atom. The Balaban J connectivity index is 1.28. The molecule has 4 rings (SSSR count). The molecule has 168 valence electrons. The summed E-state index contributed by atoms with van der Waals surface area (Å²) in [6, 6.07) is 7.38. The van der Waals surface area contributed by atoms with Crippen molar-refractivity contribution in [3.05, 3.63) is 34.9 Å². The number of nitrogens with zero attached hydrogens (tertiary/aromatic N) is 3. The molecule has 3 fully saturated rings. The Morgan fingerprint density at radius 2 is 1.74 bits per heavy atom. The number of nitrogens with one attached hydrogen (secondary N) is 1. The van der Waals surface area contributed by atoms with Crippen molar-refractivity contribution in [2.45, 2.75) is 51.1 Å². The van der Waals surface area contributed by atoms with Crippen LogP contribution in [0.15, 0.2) is 24.3 Å². The topological polar surface area (TPSA) is 73.0 Å². The number of carbonyl (C=O) groups is 3. The van der Waals surface area contributed by atoms with E-state index in [1.165, 1.54) is 5.56 Å². The maximum absolute atomic E-state index is 13.0. The van der Waals surface area contributed by atoms with Crippen LogP contribution in [0.25, 0.3) is 0 Å². The summed E-state index contributed by atoms with van der Waals surface area (Å²) in [4.78, 5) is 43.6. The number of rotatable bonds is 5. The quantitative estimate of drug-likeness (QED) is 0.706. The second-order valence-corrected chi connectivity index (χ2v) is 9.48. The zero-order valence-electron chi connectivity index (χ0n) is 18.1. The van der Waals surface area contributed by atoms with Crippen LogP contribution in [0.4, 0.5) is 4.79 Å².